The maximum Gasteiger partial charge on any atom is 0.192 e. The molecule has 4 rings (SSSR count). The van der Waals surface area contributed by atoms with Crippen LogP contribution < -0.4 is 0 Å². The smallest absolute Gasteiger partial charge is 0.192 e. The second kappa shape index (κ2) is 9.49. The third-order valence-corrected chi connectivity index (χ3v) is 17.9. The fourth-order valence-electron chi connectivity index (χ4n) is 10.4. The van der Waals surface area contributed by atoms with Crippen molar-refractivity contribution in [1.82, 2.24) is 0 Å². The van der Waals surface area contributed by atoms with Crippen molar-refractivity contribution in [2.45, 2.75) is 150 Å². The third kappa shape index (κ3) is 4.73. The number of ketones is 1. The minimum Gasteiger partial charge on any atom is -0.411 e. The standard InChI is InChI=1S/C33H60O2Si/c1-22-16-18-32(8)28-17-19-31(7)26(23(2)12-13-24(3)34)14-15-27(31)25(28)21-33(9,29(32)20-22)35-36(10,11)30(4,5)6/h22-23,25-29H,12-21H2,1-11H3/t22-,23?,25?,26?,27?,28?,29-,31-,32-,33+/m1/s1. The molecule has 208 valence electrons. The molecule has 36 heavy (non-hydrogen) atoms. The second-order valence-electron chi connectivity index (χ2n) is 16.6. The largest absolute Gasteiger partial charge is 0.411 e. The van der Waals surface area contributed by atoms with E-state index in [4.69, 9.17) is 4.43 Å². The molecule has 4 fully saturated rings. The van der Waals surface area contributed by atoms with E-state index in [1.165, 1.54) is 51.4 Å². The van der Waals surface area contributed by atoms with Gasteiger partial charge in [-0.15, -0.1) is 0 Å². The van der Waals surface area contributed by atoms with E-state index in [1.807, 2.05) is 0 Å². The van der Waals surface area contributed by atoms with Crippen molar-refractivity contribution >= 4 is 14.1 Å². The zero-order valence-corrected chi connectivity index (χ0v) is 26.9. The van der Waals surface area contributed by atoms with Crippen molar-refractivity contribution in [3.63, 3.8) is 0 Å². The third-order valence-electron chi connectivity index (χ3n) is 13.3. The van der Waals surface area contributed by atoms with Gasteiger partial charge in [-0.2, -0.15) is 0 Å². The van der Waals surface area contributed by atoms with Crippen LogP contribution >= 0.6 is 0 Å². The minimum absolute atomic E-state index is 0.00415. The van der Waals surface area contributed by atoms with E-state index in [0.717, 1.165) is 42.4 Å². The summed E-state index contributed by atoms with van der Waals surface area (Å²) in [6.45, 7) is 26.9. The Morgan fingerprint density at radius 2 is 1.61 bits per heavy atom. The summed E-state index contributed by atoms with van der Waals surface area (Å²) in [7, 11) is -1.89. The van der Waals surface area contributed by atoms with Crippen molar-refractivity contribution in [2.24, 2.45) is 52.3 Å². The monoisotopic (exact) mass is 516 g/mol. The molecule has 0 amide bonds. The minimum atomic E-state index is -1.89. The molecule has 4 saturated carbocycles. The molecule has 0 aromatic carbocycles. The lowest BCUT2D eigenvalue weighted by atomic mass is 9.41. The van der Waals surface area contributed by atoms with Crippen LogP contribution in [0, 0.1) is 52.3 Å². The SMILES string of the molecule is CC(=O)CCC(C)C1CCC2C3C[C@](C)(O[Si](C)(C)C(C)(C)C)[C@@H]4C[C@H](C)CC[C@]4(C)C3CC[C@]12C. The average Bonchev–Trinajstić information content (AvgIpc) is 3.10. The Morgan fingerprint density at radius 3 is 2.22 bits per heavy atom. The second-order valence-corrected chi connectivity index (χ2v) is 21.4. The number of hydrogen-bond acceptors (Lipinski definition) is 2. The number of carbonyl (C=O) groups excluding carboxylic acids is 1. The van der Waals surface area contributed by atoms with Crippen LogP contribution in [0.25, 0.3) is 0 Å². The Kier molecular flexibility index (Phi) is 7.61. The molecule has 10 atom stereocenters. The van der Waals surface area contributed by atoms with Gasteiger partial charge in [-0.1, -0.05) is 54.9 Å². The molecule has 0 spiro atoms. The van der Waals surface area contributed by atoms with Crippen LogP contribution in [0.15, 0.2) is 0 Å². The predicted octanol–water partition coefficient (Wildman–Crippen LogP) is 9.68. The molecular formula is C33H60O2Si. The molecule has 0 aromatic rings. The highest BCUT2D eigenvalue weighted by Gasteiger charge is 2.66. The maximum atomic E-state index is 11.8. The van der Waals surface area contributed by atoms with Crippen LogP contribution in [0.4, 0.5) is 0 Å². The molecule has 0 aliphatic heterocycles. The highest BCUT2D eigenvalue weighted by molar-refractivity contribution is 6.74. The summed E-state index contributed by atoms with van der Waals surface area (Å²) in [6.07, 6.45) is 12.9. The van der Waals surface area contributed by atoms with E-state index in [2.05, 4.69) is 68.5 Å². The number of hydrogen-bond donors (Lipinski definition) is 0. The van der Waals surface area contributed by atoms with E-state index in [-0.39, 0.29) is 10.6 Å². The summed E-state index contributed by atoms with van der Waals surface area (Å²) in [5.41, 5.74) is 0.872. The molecule has 5 unspecified atom stereocenters. The molecule has 4 aliphatic carbocycles. The van der Waals surface area contributed by atoms with Gasteiger partial charge in [0.1, 0.15) is 5.78 Å². The molecule has 2 nitrogen and oxygen atoms in total. The molecule has 0 heterocycles. The van der Waals surface area contributed by atoms with Gasteiger partial charge in [0.25, 0.3) is 0 Å². The van der Waals surface area contributed by atoms with Crippen LogP contribution in [0.1, 0.15) is 127 Å². The van der Waals surface area contributed by atoms with Crippen molar-refractivity contribution in [2.75, 3.05) is 0 Å². The predicted molar refractivity (Wildman–Crippen MR) is 156 cm³/mol. The first-order chi connectivity index (χ1) is 16.4. The zero-order valence-electron chi connectivity index (χ0n) is 25.9. The maximum absolute atomic E-state index is 11.8. The van der Waals surface area contributed by atoms with Crippen LogP contribution in [0.2, 0.25) is 18.1 Å². The molecule has 0 bridgehead atoms. The lowest BCUT2D eigenvalue weighted by Gasteiger charge is -2.67. The number of rotatable bonds is 6. The fraction of sp³-hybridized carbons (Fsp3) is 0.970. The van der Waals surface area contributed by atoms with Crippen LogP contribution in [0.5, 0.6) is 0 Å². The molecular weight excluding hydrogens is 456 g/mol. The van der Waals surface area contributed by atoms with Gasteiger partial charge in [-0.3, -0.25) is 0 Å². The quantitative estimate of drug-likeness (QED) is 0.328. The highest BCUT2D eigenvalue weighted by Crippen LogP contribution is 2.71. The van der Waals surface area contributed by atoms with Gasteiger partial charge in [0.05, 0.1) is 5.60 Å². The topological polar surface area (TPSA) is 26.3 Å². The van der Waals surface area contributed by atoms with Gasteiger partial charge in [0, 0.05) is 6.42 Å². The Bertz CT molecular complexity index is 828. The van der Waals surface area contributed by atoms with Gasteiger partial charge in [-0.25, -0.2) is 0 Å². The molecule has 3 heteroatoms. The number of fused-ring (bicyclic) bond motifs is 5. The summed E-state index contributed by atoms with van der Waals surface area (Å²) in [4.78, 5) is 11.8. The Balaban J connectivity index is 1.68. The van der Waals surface area contributed by atoms with Gasteiger partial charge in [0.15, 0.2) is 8.32 Å². The van der Waals surface area contributed by atoms with Gasteiger partial charge < -0.3 is 9.22 Å². The first kappa shape index (κ1) is 28.8. The zero-order chi connectivity index (χ0) is 26.9. The summed E-state index contributed by atoms with van der Waals surface area (Å²) in [5.74, 6) is 5.84. The summed E-state index contributed by atoms with van der Waals surface area (Å²) < 4.78 is 7.58. The van der Waals surface area contributed by atoms with Gasteiger partial charge in [0.2, 0.25) is 0 Å². The lowest BCUT2D eigenvalue weighted by molar-refractivity contribution is -0.198. The van der Waals surface area contributed by atoms with Crippen molar-refractivity contribution in [3.8, 4) is 0 Å². The van der Waals surface area contributed by atoms with Crippen molar-refractivity contribution in [3.05, 3.63) is 0 Å². The molecule has 0 saturated heterocycles. The molecule has 0 radical (unpaired) electrons. The molecule has 4 aliphatic rings. The Labute approximate surface area is 225 Å². The first-order valence-corrected chi connectivity index (χ1v) is 18.5. The van der Waals surface area contributed by atoms with Crippen molar-refractivity contribution in [1.29, 1.82) is 0 Å². The molecule has 0 aromatic heterocycles. The first-order valence-electron chi connectivity index (χ1n) is 15.6. The number of carbonyl (C=O) groups is 1. The summed E-state index contributed by atoms with van der Waals surface area (Å²) in [5, 5.41) is 0.245. The average molecular weight is 517 g/mol. The van der Waals surface area contributed by atoms with Gasteiger partial charge >= 0.3 is 0 Å². The van der Waals surface area contributed by atoms with Crippen LogP contribution in [-0.4, -0.2) is 19.7 Å². The normalized spacial score (nSPS) is 46.0. The van der Waals surface area contributed by atoms with E-state index < -0.39 is 8.32 Å². The number of Topliss-reactive ketones (excluding diaryl/α,β-unsaturated/α-hetero) is 1. The van der Waals surface area contributed by atoms with E-state index in [0.29, 0.717) is 28.4 Å². The molecule has 0 N–H and O–H groups in total. The summed E-state index contributed by atoms with van der Waals surface area (Å²) >= 11 is 0. The van der Waals surface area contributed by atoms with E-state index >= 15 is 0 Å². The lowest BCUT2D eigenvalue weighted by Crippen LogP contribution is -2.65. The summed E-state index contributed by atoms with van der Waals surface area (Å²) in [6, 6.07) is 0. The fourth-order valence-corrected chi connectivity index (χ4v) is 12.1. The van der Waals surface area contributed by atoms with Crippen LogP contribution in [-0.2, 0) is 9.22 Å². The van der Waals surface area contributed by atoms with Crippen molar-refractivity contribution < 1.29 is 9.22 Å². The Morgan fingerprint density at radius 1 is 1.00 bits per heavy atom. The van der Waals surface area contributed by atoms with Gasteiger partial charge in [-0.05, 0) is 136 Å². The van der Waals surface area contributed by atoms with E-state index in [1.54, 1.807) is 6.92 Å². The van der Waals surface area contributed by atoms with E-state index in [9.17, 15) is 4.79 Å². The Hall–Kier alpha value is -0.153. The van der Waals surface area contributed by atoms with Crippen LogP contribution in [0.3, 0.4) is 0 Å². The highest BCUT2D eigenvalue weighted by atomic mass is 28.4.